The van der Waals surface area contributed by atoms with Crippen LogP contribution in [0.1, 0.15) is 30.7 Å². The molecule has 3 rings (SSSR count). The van der Waals surface area contributed by atoms with Crippen molar-refractivity contribution in [2.75, 3.05) is 7.11 Å². The Hall–Kier alpha value is -3.02. The molecule has 0 fully saturated rings. The van der Waals surface area contributed by atoms with Crippen LogP contribution in [0.25, 0.3) is 11.3 Å². The molecular formula is C23H24F3NO2. The maximum Gasteiger partial charge on any atom is 0.416 e. The lowest BCUT2D eigenvalue weighted by atomic mass is 10.1. The molecule has 0 N–H and O–H groups in total. The third-order valence-electron chi connectivity index (χ3n) is 4.00. The van der Waals surface area contributed by atoms with Gasteiger partial charge in [0.05, 0.1) is 18.4 Å². The Labute approximate surface area is 169 Å². The Morgan fingerprint density at radius 3 is 2.03 bits per heavy atom. The van der Waals surface area contributed by atoms with Crippen LogP contribution in [0, 0.1) is 6.92 Å². The van der Waals surface area contributed by atoms with Crippen LogP contribution in [0.4, 0.5) is 13.2 Å². The average molecular weight is 403 g/mol. The summed E-state index contributed by atoms with van der Waals surface area (Å²) in [5.41, 5.74) is 2.17. The Bertz CT molecular complexity index is 905. The average Bonchev–Trinajstić information content (AvgIpc) is 2.73. The third-order valence-corrected chi connectivity index (χ3v) is 4.00. The maximum atomic E-state index is 12.7. The van der Waals surface area contributed by atoms with Gasteiger partial charge in [-0.05, 0) is 36.8 Å². The van der Waals surface area contributed by atoms with Gasteiger partial charge in [-0.2, -0.15) is 13.2 Å². The normalized spacial score (nSPS) is 10.7. The van der Waals surface area contributed by atoms with E-state index in [4.69, 9.17) is 9.47 Å². The molecule has 154 valence electrons. The first-order valence-electron chi connectivity index (χ1n) is 9.27. The summed E-state index contributed by atoms with van der Waals surface area (Å²) in [5, 5.41) is 0. The highest BCUT2D eigenvalue weighted by atomic mass is 19.4. The van der Waals surface area contributed by atoms with Crippen molar-refractivity contribution in [1.82, 2.24) is 4.98 Å². The number of hydrogen-bond donors (Lipinski definition) is 0. The number of hydrogen-bond acceptors (Lipinski definition) is 3. The van der Waals surface area contributed by atoms with Crippen LogP contribution < -0.4 is 9.47 Å². The summed E-state index contributed by atoms with van der Waals surface area (Å²) in [4.78, 5) is 4.40. The molecule has 0 atom stereocenters. The van der Waals surface area contributed by atoms with Crippen molar-refractivity contribution < 1.29 is 22.6 Å². The first-order chi connectivity index (χ1) is 13.8. The number of halogens is 3. The van der Waals surface area contributed by atoms with Crippen LogP contribution in [0.5, 0.6) is 11.5 Å². The molecular weight excluding hydrogens is 379 g/mol. The molecule has 2 aromatic carbocycles. The minimum Gasteiger partial charge on any atom is -0.497 e. The quantitative estimate of drug-likeness (QED) is 0.476. The van der Waals surface area contributed by atoms with Crippen molar-refractivity contribution >= 4 is 0 Å². The van der Waals surface area contributed by atoms with E-state index in [2.05, 4.69) is 4.98 Å². The minimum atomic E-state index is -4.36. The molecule has 0 bridgehead atoms. The second-order valence-corrected chi connectivity index (χ2v) is 6.04. The van der Waals surface area contributed by atoms with Gasteiger partial charge in [-0.3, -0.25) is 4.98 Å². The zero-order valence-corrected chi connectivity index (χ0v) is 16.9. The lowest BCUT2D eigenvalue weighted by Crippen LogP contribution is -2.04. The van der Waals surface area contributed by atoms with E-state index in [0.29, 0.717) is 23.6 Å². The van der Waals surface area contributed by atoms with E-state index in [1.807, 2.05) is 45.0 Å². The van der Waals surface area contributed by atoms with E-state index in [1.165, 1.54) is 12.1 Å². The highest BCUT2D eigenvalue weighted by Gasteiger charge is 2.30. The van der Waals surface area contributed by atoms with E-state index in [1.54, 1.807) is 19.2 Å². The fourth-order valence-electron chi connectivity index (χ4n) is 2.59. The summed E-state index contributed by atoms with van der Waals surface area (Å²) in [6, 6.07) is 16.0. The summed E-state index contributed by atoms with van der Waals surface area (Å²) in [7, 11) is 1.61. The predicted octanol–water partition coefficient (Wildman–Crippen LogP) is 6.69. The molecule has 0 unspecified atom stereocenters. The molecule has 0 spiro atoms. The highest BCUT2D eigenvalue weighted by molar-refractivity contribution is 5.61. The molecule has 1 heterocycles. The molecule has 3 nitrogen and oxygen atoms in total. The van der Waals surface area contributed by atoms with Crippen LogP contribution in [-0.2, 0) is 12.8 Å². The summed E-state index contributed by atoms with van der Waals surface area (Å²) in [6.07, 6.45) is -4.36. The van der Waals surface area contributed by atoms with E-state index in [-0.39, 0.29) is 0 Å². The molecule has 0 saturated carbocycles. The van der Waals surface area contributed by atoms with Gasteiger partial charge in [0.25, 0.3) is 0 Å². The summed E-state index contributed by atoms with van der Waals surface area (Å²) >= 11 is 0. The minimum absolute atomic E-state index is 0.361. The van der Waals surface area contributed by atoms with Gasteiger partial charge in [-0.15, -0.1) is 0 Å². The largest absolute Gasteiger partial charge is 0.497 e. The number of methoxy groups -OCH3 is 1. The SMILES string of the molecule is CC.COc1ccc(COc2cc(C)nc(-c3ccc(C(F)(F)F)cc3)c2)cc1. The van der Waals surface area contributed by atoms with Gasteiger partial charge < -0.3 is 9.47 Å². The second-order valence-electron chi connectivity index (χ2n) is 6.04. The molecule has 29 heavy (non-hydrogen) atoms. The molecule has 0 radical (unpaired) electrons. The predicted molar refractivity (Wildman–Crippen MR) is 108 cm³/mol. The Balaban J connectivity index is 0.00000145. The Morgan fingerprint density at radius 1 is 0.862 bits per heavy atom. The number of aryl methyl sites for hydroxylation is 1. The lowest BCUT2D eigenvalue weighted by Gasteiger charge is -2.11. The molecule has 0 aliphatic heterocycles. The van der Waals surface area contributed by atoms with Crippen molar-refractivity contribution in [2.45, 2.75) is 33.6 Å². The molecule has 0 aliphatic rings. The van der Waals surface area contributed by atoms with Crippen molar-refractivity contribution in [2.24, 2.45) is 0 Å². The van der Waals surface area contributed by atoms with Gasteiger partial charge in [0, 0.05) is 23.4 Å². The monoisotopic (exact) mass is 403 g/mol. The van der Waals surface area contributed by atoms with Gasteiger partial charge in [-0.25, -0.2) is 0 Å². The van der Waals surface area contributed by atoms with E-state index in [9.17, 15) is 13.2 Å². The van der Waals surface area contributed by atoms with Crippen LogP contribution in [0.2, 0.25) is 0 Å². The van der Waals surface area contributed by atoms with Crippen molar-refractivity contribution in [3.05, 3.63) is 77.5 Å². The number of benzene rings is 2. The van der Waals surface area contributed by atoms with Gasteiger partial charge in [0.1, 0.15) is 18.1 Å². The molecule has 0 amide bonds. The van der Waals surface area contributed by atoms with Crippen LogP contribution in [0.3, 0.4) is 0 Å². The first kappa shape index (κ1) is 22.3. The van der Waals surface area contributed by atoms with E-state index < -0.39 is 11.7 Å². The van der Waals surface area contributed by atoms with Crippen LogP contribution >= 0.6 is 0 Å². The molecule has 1 aromatic heterocycles. The fraction of sp³-hybridized carbons (Fsp3) is 0.261. The number of aromatic nitrogens is 1. The smallest absolute Gasteiger partial charge is 0.416 e. The number of nitrogens with zero attached hydrogens (tertiary/aromatic N) is 1. The molecule has 0 aliphatic carbocycles. The zero-order valence-electron chi connectivity index (χ0n) is 16.9. The lowest BCUT2D eigenvalue weighted by molar-refractivity contribution is -0.137. The van der Waals surface area contributed by atoms with Crippen molar-refractivity contribution in [3.63, 3.8) is 0 Å². The number of ether oxygens (including phenoxy) is 2. The summed E-state index contributed by atoms with van der Waals surface area (Å²) in [5.74, 6) is 1.37. The highest BCUT2D eigenvalue weighted by Crippen LogP contribution is 2.31. The topological polar surface area (TPSA) is 31.4 Å². The summed E-state index contributed by atoms with van der Waals surface area (Å²) in [6.45, 7) is 6.17. The van der Waals surface area contributed by atoms with E-state index >= 15 is 0 Å². The van der Waals surface area contributed by atoms with Crippen LogP contribution in [-0.4, -0.2) is 12.1 Å². The zero-order chi connectivity index (χ0) is 21.4. The van der Waals surface area contributed by atoms with Crippen molar-refractivity contribution in [1.29, 1.82) is 0 Å². The number of rotatable bonds is 5. The Morgan fingerprint density at radius 2 is 1.48 bits per heavy atom. The second kappa shape index (κ2) is 9.96. The Kier molecular flexibility index (Phi) is 7.65. The van der Waals surface area contributed by atoms with Gasteiger partial charge >= 0.3 is 6.18 Å². The number of alkyl halides is 3. The third kappa shape index (κ3) is 6.24. The molecule has 6 heteroatoms. The van der Waals surface area contributed by atoms with Gasteiger partial charge in [0.15, 0.2) is 0 Å². The maximum absolute atomic E-state index is 12.7. The molecule has 3 aromatic rings. The summed E-state index contributed by atoms with van der Waals surface area (Å²) < 4.78 is 49.1. The number of pyridine rings is 1. The molecule has 0 saturated heterocycles. The van der Waals surface area contributed by atoms with E-state index in [0.717, 1.165) is 29.1 Å². The standard InChI is InChI=1S/C21H18F3NO2.C2H6/c1-14-11-19(27-13-15-3-9-18(26-2)10-4-15)12-20(25-14)16-5-7-17(8-6-16)21(22,23)24;1-2/h3-12H,13H2,1-2H3;1-2H3. The fourth-order valence-corrected chi connectivity index (χ4v) is 2.59. The first-order valence-corrected chi connectivity index (χ1v) is 9.27. The van der Waals surface area contributed by atoms with Gasteiger partial charge in [-0.1, -0.05) is 38.1 Å². The van der Waals surface area contributed by atoms with Crippen molar-refractivity contribution in [3.8, 4) is 22.8 Å². The van der Waals surface area contributed by atoms with Crippen LogP contribution in [0.15, 0.2) is 60.7 Å². The van der Waals surface area contributed by atoms with Gasteiger partial charge in [0.2, 0.25) is 0 Å².